The number of rotatable bonds is 4. The van der Waals surface area contributed by atoms with E-state index in [0.29, 0.717) is 19.6 Å². The fourth-order valence-corrected chi connectivity index (χ4v) is 4.07. The minimum absolute atomic E-state index is 0.0256. The second kappa shape index (κ2) is 8.00. The van der Waals surface area contributed by atoms with Crippen molar-refractivity contribution in [1.29, 1.82) is 0 Å². The van der Waals surface area contributed by atoms with E-state index in [1.165, 1.54) is 19.1 Å². The van der Waals surface area contributed by atoms with Gasteiger partial charge in [-0.25, -0.2) is 9.07 Å². The van der Waals surface area contributed by atoms with Gasteiger partial charge in [0.2, 0.25) is 0 Å². The second-order valence-corrected chi connectivity index (χ2v) is 7.96. The molecule has 0 bridgehead atoms. The molecule has 3 aromatic rings. The van der Waals surface area contributed by atoms with Crippen LogP contribution >= 0.6 is 0 Å². The molecule has 8 heteroatoms. The molecule has 1 N–H and O–H groups in total. The van der Waals surface area contributed by atoms with Crippen molar-refractivity contribution in [3.63, 3.8) is 0 Å². The highest BCUT2D eigenvalue weighted by Gasteiger charge is 2.39. The van der Waals surface area contributed by atoms with Gasteiger partial charge in [-0.15, -0.1) is 0 Å². The van der Waals surface area contributed by atoms with Crippen LogP contribution in [0, 0.1) is 18.7 Å². The summed E-state index contributed by atoms with van der Waals surface area (Å²) >= 11 is 0. The van der Waals surface area contributed by atoms with Crippen molar-refractivity contribution in [3.05, 3.63) is 59.5 Å². The number of aryl methyl sites for hydroxylation is 1. The molecule has 1 fully saturated rings. The molecule has 160 valence electrons. The largest absolute Gasteiger partial charge is 0.392 e. The van der Waals surface area contributed by atoms with E-state index >= 15 is 0 Å². The Morgan fingerprint density at radius 1 is 1.20 bits per heavy atom. The van der Waals surface area contributed by atoms with Gasteiger partial charge in [-0.3, -0.25) is 4.90 Å². The Morgan fingerprint density at radius 2 is 1.93 bits per heavy atom. The fraction of sp³-hybridized carbons (Fsp3) is 0.409. The number of nitrogens with one attached hydrogen (secondary N) is 1. The zero-order valence-electron chi connectivity index (χ0n) is 16.9. The smallest absolute Gasteiger partial charge is 0.314 e. The number of piperazine rings is 1. The maximum absolute atomic E-state index is 13.3. The summed E-state index contributed by atoms with van der Waals surface area (Å²) in [5.41, 5.74) is 3.62. The molecule has 0 amide bonds. The van der Waals surface area contributed by atoms with Gasteiger partial charge in [0.25, 0.3) is 0 Å². The average molecular weight is 420 g/mol. The van der Waals surface area contributed by atoms with Crippen LogP contribution in [-0.4, -0.2) is 47.0 Å². The second-order valence-electron chi connectivity index (χ2n) is 7.96. The summed E-state index contributed by atoms with van der Waals surface area (Å²) in [5, 5.41) is 8.64. The predicted octanol–water partition coefficient (Wildman–Crippen LogP) is 4.62. The molecule has 1 saturated heterocycles. The number of benzene rings is 2. The lowest BCUT2D eigenvalue weighted by Gasteiger charge is -2.39. The van der Waals surface area contributed by atoms with Crippen LogP contribution in [0.5, 0.6) is 0 Å². The van der Waals surface area contributed by atoms with Gasteiger partial charge in [0.05, 0.1) is 23.3 Å². The van der Waals surface area contributed by atoms with Crippen molar-refractivity contribution < 1.29 is 17.6 Å². The van der Waals surface area contributed by atoms with E-state index in [9.17, 15) is 17.6 Å². The Hall–Kier alpha value is -2.45. The van der Waals surface area contributed by atoms with E-state index in [0.717, 1.165) is 27.7 Å². The van der Waals surface area contributed by atoms with Crippen molar-refractivity contribution in [1.82, 2.24) is 20.0 Å². The van der Waals surface area contributed by atoms with Gasteiger partial charge in [0.15, 0.2) is 0 Å². The summed E-state index contributed by atoms with van der Waals surface area (Å²) in [5.74, 6) is -1.70. The Kier molecular flexibility index (Phi) is 5.55. The lowest BCUT2D eigenvalue weighted by atomic mass is 9.95. The molecule has 0 radical (unpaired) electrons. The van der Waals surface area contributed by atoms with E-state index in [2.05, 4.69) is 10.4 Å². The number of alkyl halides is 3. The molecule has 2 atom stereocenters. The van der Waals surface area contributed by atoms with Crippen LogP contribution in [0.15, 0.2) is 42.6 Å². The van der Waals surface area contributed by atoms with Gasteiger partial charge in [-0.1, -0.05) is 6.92 Å². The molecular formula is C22H24F4N4. The summed E-state index contributed by atoms with van der Waals surface area (Å²) in [4.78, 5) is 1.92. The quantitative estimate of drug-likeness (QED) is 0.626. The highest BCUT2D eigenvalue weighted by Crippen LogP contribution is 2.33. The molecule has 2 aromatic carbocycles. The van der Waals surface area contributed by atoms with Crippen LogP contribution in [0.4, 0.5) is 17.6 Å². The van der Waals surface area contributed by atoms with Gasteiger partial charge < -0.3 is 5.32 Å². The van der Waals surface area contributed by atoms with E-state index in [-0.39, 0.29) is 18.4 Å². The molecule has 4 rings (SSSR count). The van der Waals surface area contributed by atoms with Gasteiger partial charge >= 0.3 is 6.18 Å². The maximum Gasteiger partial charge on any atom is 0.392 e. The molecule has 0 spiro atoms. The Balaban J connectivity index is 1.68. The van der Waals surface area contributed by atoms with Crippen molar-refractivity contribution in [2.75, 3.05) is 26.2 Å². The normalized spacial score (nSPS) is 19.3. The van der Waals surface area contributed by atoms with Crippen LogP contribution in [-0.2, 0) is 0 Å². The first kappa shape index (κ1) is 20.8. The summed E-state index contributed by atoms with van der Waals surface area (Å²) < 4.78 is 54.4. The number of nitrogens with zero attached hydrogens (tertiary/aromatic N) is 3. The van der Waals surface area contributed by atoms with E-state index in [1.54, 1.807) is 23.0 Å². The average Bonchev–Trinajstić information content (AvgIpc) is 3.10. The molecule has 2 heterocycles. The lowest BCUT2D eigenvalue weighted by Crippen LogP contribution is -2.49. The predicted molar refractivity (Wildman–Crippen MR) is 108 cm³/mol. The van der Waals surface area contributed by atoms with Crippen LogP contribution < -0.4 is 5.32 Å². The summed E-state index contributed by atoms with van der Waals surface area (Å²) in [6, 6.07) is 9.98. The molecule has 1 aliphatic rings. The number of hydrogen-bond donors (Lipinski definition) is 1. The Morgan fingerprint density at radius 3 is 2.63 bits per heavy atom. The SMILES string of the molecule is Cc1cc2c(cnn2-c2ccc(F)cc2)cc1[C@H]1CNCCN1CC(C)C(F)(F)F. The van der Waals surface area contributed by atoms with Crippen molar-refractivity contribution in [2.45, 2.75) is 26.1 Å². The lowest BCUT2D eigenvalue weighted by molar-refractivity contribution is -0.176. The highest BCUT2D eigenvalue weighted by atomic mass is 19.4. The first-order valence-corrected chi connectivity index (χ1v) is 10.00. The number of aromatic nitrogens is 2. The van der Waals surface area contributed by atoms with Crippen LogP contribution in [0.3, 0.4) is 0 Å². The van der Waals surface area contributed by atoms with Gasteiger partial charge in [-0.05, 0) is 54.4 Å². The van der Waals surface area contributed by atoms with Gasteiger partial charge in [-0.2, -0.15) is 18.3 Å². The van der Waals surface area contributed by atoms with Gasteiger partial charge in [0, 0.05) is 37.6 Å². The van der Waals surface area contributed by atoms with E-state index in [4.69, 9.17) is 0 Å². The van der Waals surface area contributed by atoms with Gasteiger partial charge in [0.1, 0.15) is 5.82 Å². The fourth-order valence-electron chi connectivity index (χ4n) is 4.07. The monoisotopic (exact) mass is 420 g/mol. The molecule has 4 nitrogen and oxygen atoms in total. The third kappa shape index (κ3) is 4.06. The number of fused-ring (bicyclic) bond motifs is 1. The molecule has 1 aliphatic heterocycles. The van der Waals surface area contributed by atoms with E-state index in [1.807, 2.05) is 24.0 Å². The highest BCUT2D eigenvalue weighted by molar-refractivity contribution is 5.82. The van der Waals surface area contributed by atoms with Crippen molar-refractivity contribution >= 4 is 10.9 Å². The van der Waals surface area contributed by atoms with Crippen molar-refractivity contribution in [3.8, 4) is 5.69 Å². The molecule has 0 aliphatic carbocycles. The first-order chi connectivity index (χ1) is 14.2. The minimum Gasteiger partial charge on any atom is -0.314 e. The zero-order chi connectivity index (χ0) is 21.5. The molecule has 1 aromatic heterocycles. The topological polar surface area (TPSA) is 33.1 Å². The van der Waals surface area contributed by atoms with Crippen LogP contribution in [0.25, 0.3) is 16.6 Å². The number of halogens is 4. The molecule has 30 heavy (non-hydrogen) atoms. The summed E-state index contributed by atoms with van der Waals surface area (Å²) in [7, 11) is 0. The Bertz CT molecular complexity index is 1030. The van der Waals surface area contributed by atoms with Crippen LogP contribution in [0.1, 0.15) is 24.1 Å². The first-order valence-electron chi connectivity index (χ1n) is 10.00. The van der Waals surface area contributed by atoms with Crippen LogP contribution in [0.2, 0.25) is 0 Å². The molecular weight excluding hydrogens is 396 g/mol. The standard InChI is InChI=1S/C22H24F4N4/c1-14-9-20-16(11-28-30(20)18-5-3-17(23)4-6-18)10-19(14)21-12-27-7-8-29(21)13-15(2)22(24,25)26/h3-6,9-11,15,21,27H,7-8,12-13H2,1-2H3/t15?,21-/m1/s1. The zero-order valence-corrected chi connectivity index (χ0v) is 16.9. The van der Waals surface area contributed by atoms with Crippen molar-refractivity contribution in [2.24, 2.45) is 5.92 Å². The summed E-state index contributed by atoms with van der Waals surface area (Å²) in [6.07, 6.45) is -2.47. The van der Waals surface area contributed by atoms with E-state index < -0.39 is 12.1 Å². The third-order valence-corrected chi connectivity index (χ3v) is 5.81. The Labute approximate surface area is 172 Å². The third-order valence-electron chi connectivity index (χ3n) is 5.81. The molecule has 0 saturated carbocycles. The summed E-state index contributed by atoms with van der Waals surface area (Å²) in [6.45, 7) is 5.02. The maximum atomic E-state index is 13.3. The minimum atomic E-state index is -4.20. The molecule has 1 unspecified atom stereocenters. The number of hydrogen-bond acceptors (Lipinski definition) is 3.